The van der Waals surface area contributed by atoms with E-state index in [-0.39, 0.29) is 30.2 Å². The van der Waals surface area contributed by atoms with Crippen LogP contribution in [0.4, 0.5) is 16.2 Å². The number of carboxylic acid groups (broad SMARTS) is 1. The van der Waals surface area contributed by atoms with Gasteiger partial charge in [-0.05, 0) is 75.7 Å². The molecule has 0 unspecified atom stereocenters. The number of benzene rings is 1. The van der Waals surface area contributed by atoms with Gasteiger partial charge in [0.2, 0.25) is 5.91 Å². The number of hydrogen-bond acceptors (Lipinski definition) is 7. The number of anilines is 2. The number of thiophene rings is 1. The smallest absolute Gasteiger partial charge is 0.407 e. The van der Waals surface area contributed by atoms with Gasteiger partial charge in [0.15, 0.2) is 0 Å². The Kier molecular flexibility index (Phi) is 10.3. The van der Waals surface area contributed by atoms with Crippen LogP contribution in [0.3, 0.4) is 0 Å². The van der Waals surface area contributed by atoms with Crippen molar-refractivity contribution in [2.75, 3.05) is 36.4 Å². The molecule has 39 heavy (non-hydrogen) atoms. The van der Waals surface area contributed by atoms with E-state index in [2.05, 4.69) is 15.5 Å². The van der Waals surface area contributed by atoms with E-state index in [0.29, 0.717) is 18.7 Å². The number of piperazine rings is 1. The lowest BCUT2D eigenvalue weighted by Crippen LogP contribution is -2.53. The van der Waals surface area contributed by atoms with Crippen molar-refractivity contribution in [3.63, 3.8) is 0 Å². The molecule has 10 nitrogen and oxygen atoms in total. The predicted octanol–water partition coefficient (Wildman–Crippen LogP) is 4.35. The second kappa shape index (κ2) is 13.5. The summed E-state index contributed by atoms with van der Waals surface area (Å²) in [5.74, 6) is -0.172. The van der Waals surface area contributed by atoms with E-state index in [1.54, 1.807) is 0 Å². The van der Waals surface area contributed by atoms with E-state index < -0.39 is 11.7 Å². The van der Waals surface area contributed by atoms with Gasteiger partial charge in [-0.1, -0.05) is 6.42 Å². The summed E-state index contributed by atoms with van der Waals surface area (Å²) in [6.45, 7) is 9.94. The molecule has 2 aliphatic rings. The molecule has 1 aliphatic carbocycles. The van der Waals surface area contributed by atoms with Crippen LogP contribution in [0.1, 0.15) is 56.0 Å². The van der Waals surface area contributed by atoms with Crippen LogP contribution in [0.25, 0.3) is 0 Å². The molecule has 1 saturated carbocycles. The van der Waals surface area contributed by atoms with Crippen molar-refractivity contribution in [1.29, 1.82) is 0 Å². The molecule has 11 heteroatoms. The summed E-state index contributed by atoms with van der Waals surface area (Å²) >= 11 is 1.52. The average Bonchev–Trinajstić information content (AvgIpc) is 3.52. The second-order valence-electron chi connectivity index (χ2n) is 10.7. The summed E-state index contributed by atoms with van der Waals surface area (Å²) in [5, 5.41) is 16.6. The zero-order chi connectivity index (χ0) is 28.6. The molecule has 1 aromatic heterocycles. The Morgan fingerprint density at radius 3 is 2.26 bits per heavy atom. The lowest BCUT2D eigenvalue weighted by atomic mass is 10.0. The van der Waals surface area contributed by atoms with Gasteiger partial charge in [0.05, 0.1) is 11.5 Å². The van der Waals surface area contributed by atoms with Crippen molar-refractivity contribution < 1.29 is 29.0 Å². The number of alkyl carbamates (subject to hydrolysis) is 1. The molecular formula is C28H38N4O6S. The number of carbonyl (C=O) groups excluding carboxylic acids is 3. The SMILES string of the molecule is Cc1cscc1C(=O)Nc1ccc(N2CCN(C(=O)[C@@H]3CCC[C@@H]3NC(=O)OC(C)(C)C)CC2)cc1.O=CO. The minimum Gasteiger partial charge on any atom is -0.483 e. The standard InChI is InChI=1S/C27H36N4O4S.CH2O2/c1-18-16-36-17-22(18)24(32)28-19-8-10-20(11-9-19)30-12-14-31(15-13-30)25(33)21-6-5-7-23(21)29-26(34)35-27(2,3)4;2-1-3/h8-11,16-17,21,23H,5-7,12-15H2,1-4H3,(H,28,32)(H,29,34);1H,(H,2,3)/t21-,23+;/m1./s1. The van der Waals surface area contributed by atoms with E-state index in [9.17, 15) is 14.4 Å². The molecule has 2 aromatic rings. The largest absolute Gasteiger partial charge is 0.483 e. The Hall–Kier alpha value is -3.60. The predicted molar refractivity (Wildman–Crippen MR) is 151 cm³/mol. The van der Waals surface area contributed by atoms with Crippen molar-refractivity contribution in [2.24, 2.45) is 5.92 Å². The van der Waals surface area contributed by atoms with Crippen molar-refractivity contribution in [1.82, 2.24) is 10.2 Å². The minimum absolute atomic E-state index is 0.0972. The quantitative estimate of drug-likeness (QED) is 0.466. The molecule has 3 amide bonds. The van der Waals surface area contributed by atoms with Crippen LogP contribution >= 0.6 is 11.3 Å². The highest BCUT2D eigenvalue weighted by molar-refractivity contribution is 7.08. The zero-order valence-electron chi connectivity index (χ0n) is 22.9. The van der Waals surface area contributed by atoms with Gasteiger partial charge < -0.3 is 30.3 Å². The first-order chi connectivity index (χ1) is 18.5. The number of hydrogen-bond donors (Lipinski definition) is 3. The molecule has 1 aliphatic heterocycles. The molecule has 0 radical (unpaired) electrons. The second-order valence-corrected chi connectivity index (χ2v) is 11.4. The Morgan fingerprint density at radius 1 is 1.05 bits per heavy atom. The number of rotatable bonds is 5. The van der Waals surface area contributed by atoms with Gasteiger partial charge in [-0.2, -0.15) is 11.3 Å². The summed E-state index contributed by atoms with van der Waals surface area (Å²) in [6, 6.07) is 7.66. The summed E-state index contributed by atoms with van der Waals surface area (Å²) in [5.41, 5.74) is 2.94. The van der Waals surface area contributed by atoms with Crippen LogP contribution in [0.5, 0.6) is 0 Å². The van der Waals surface area contributed by atoms with Crippen LogP contribution in [0.2, 0.25) is 0 Å². The maximum Gasteiger partial charge on any atom is 0.407 e. The number of nitrogens with zero attached hydrogens (tertiary/aromatic N) is 2. The normalized spacial score (nSPS) is 19.0. The van der Waals surface area contributed by atoms with E-state index in [1.807, 2.05) is 67.6 Å². The molecule has 0 spiro atoms. The Labute approximate surface area is 233 Å². The van der Waals surface area contributed by atoms with Gasteiger partial charge >= 0.3 is 6.09 Å². The summed E-state index contributed by atoms with van der Waals surface area (Å²) in [4.78, 5) is 50.5. The number of amides is 3. The van der Waals surface area contributed by atoms with Gasteiger partial charge in [-0.15, -0.1) is 0 Å². The highest BCUT2D eigenvalue weighted by atomic mass is 32.1. The van der Waals surface area contributed by atoms with E-state index >= 15 is 0 Å². The highest BCUT2D eigenvalue weighted by Gasteiger charge is 2.38. The highest BCUT2D eigenvalue weighted by Crippen LogP contribution is 2.29. The van der Waals surface area contributed by atoms with Crippen LogP contribution < -0.4 is 15.5 Å². The van der Waals surface area contributed by atoms with Crippen LogP contribution in [0, 0.1) is 12.8 Å². The number of aryl methyl sites for hydroxylation is 1. The monoisotopic (exact) mass is 558 g/mol. The van der Waals surface area contributed by atoms with E-state index in [1.165, 1.54) is 11.3 Å². The lowest BCUT2D eigenvalue weighted by Gasteiger charge is -2.38. The summed E-state index contributed by atoms with van der Waals surface area (Å²) < 4.78 is 5.39. The zero-order valence-corrected chi connectivity index (χ0v) is 23.8. The van der Waals surface area contributed by atoms with Crippen LogP contribution in [-0.4, -0.2) is 72.2 Å². The van der Waals surface area contributed by atoms with Crippen molar-refractivity contribution in [2.45, 2.75) is 58.6 Å². The fraction of sp³-hybridized carbons (Fsp3) is 0.500. The Morgan fingerprint density at radius 2 is 1.69 bits per heavy atom. The van der Waals surface area contributed by atoms with E-state index in [4.69, 9.17) is 14.6 Å². The number of carbonyl (C=O) groups is 4. The molecule has 2 fully saturated rings. The maximum absolute atomic E-state index is 13.3. The average molecular weight is 559 g/mol. The number of ether oxygens (including phenoxy) is 1. The third-order valence-corrected chi connectivity index (χ3v) is 7.58. The molecule has 1 saturated heterocycles. The molecule has 2 atom stereocenters. The maximum atomic E-state index is 13.3. The van der Waals surface area contributed by atoms with E-state index in [0.717, 1.165) is 49.3 Å². The van der Waals surface area contributed by atoms with Crippen molar-refractivity contribution in [3.8, 4) is 0 Å². The molecule has 212 valence electrons. The molecule has 3 N–H and O–H groups in total. The van der Waals surface area contributed by atoms with Crippen molar-refractivity contribution >= 4 is 47.1 Å². The topological polar surface area (TPSA) is 128 Å². The van der Waals surface area contributed by atoms with Gasteiger partial charge in [-0.3, -0.25) is 14.4 Å². The molecule has 0 bridgehead atoms. The fourth-order valence-electron chi connectivity index (χ4n) is 4.85. The molecule has 4 rings (SSSR count). The summed E-state index contributed by atoms with van der Waals surface area (Å²) in [6.07, 6.45) is 2.05. The number of nitrogens with one attached hydrogen (secondary N) is 2. The third-order valence-electron chi connectivity index (χ3n) is 6.72. The molecule has 2 heterocycles. The Bertz CT molecular complexity index is 1140. The van der Waals surface area contributed by atoms with Crippen LogP contribution in [0.15, 0.2) is 35.0 Å². The van der Waals surface area contributed by atoms with Gasteiger partial charge in [0.25, 0.3) is 12.4 Å². The van der Waals surface area contributed by atoms with Gasteiger partial charge in [-0.25, -0.2) is 4.79 Å². The first-order valence-corrected chi connectivity index (χ1v) is 14.0. The van der Waals surface area contributed by atoms with Gasteiger partial charge in [0.1, 0.15) is 5.60 Å². The Balaban J connectivity index is 0.00000134. The summed E-state index contributed by atoms with van der Waals surface area (Å²) in [7, 11) is 0. The van der Waals surface area contributed by atoms with Crippen LogP contribution in [-0.2, 0) is 14.3 Å². The third kappa shape index (κ3) is 8.44. The molecule has 1 aromatic carbocycles. The molecular weight excluding hydrogens is 520 g/mol. The first kappa shape index (κ1) is 29.9. The fourth-order valence-corrected chi connectivity index (χ4v) is 5.68. The first-order valence-electron chi connectivity index (χ1n) is 13.1. The lowest BCUT2D eigenvalue weighted by molar-refractivity contribution is -0.136. The van der Waals surface area contributed by atoms with Crippen molar-refractivity contribution in [3.05, 3.63) is 46.2 Å². The van der Waals surface area contributed by atoms with Gasteiger partial charge in [0, 0.05) is 49.0 Å². The minimum atomic E-state index is -0.564.